The fourth-order valence-electron chi connectivity index (χ4n) is 2.02. The molecule has 0 saturated carbocycles. The third kappa shape index (κ3) is 1.48. The fraction of sp³-hybridized carbons (Fsp3) is 1.00. The van der Waals surface area contributed by atoms with Crippen LogP contribution in [0.25, 0.3) is 0 Å². The first-order chi connectivity index (χ1) is 4.81. The summed E-state index contributed by atoms with van der Waals surface area (Å²) in [5.74, 6) is 0. The molecule has 3 heteroatoms. The molecule has 2 nitrogen and oxygen atoms in total. The van der Waals surface area contributed by atoms with Crippen LogP contribution in [0.4, 0.5) is 0 Å². The average molecular weight is 257 g/mol. The number of nitrogens with one attached hydrogen (secondary N) is 1. The Hall–Kier alpha value is 1.49. The predicted octanol–water partition coefficient (Wildman–Crippen LogP) is -0.132. The average Bonchev–Trinajstić information content (AvgIpc) is 2.46. The Morgan fingerprint density at radius 1 is 1.40 bits per heavy atom. The zero-order valence-corrected chi connectivity index (χ0v) is 8.23. The van der Waals surface area contributed by atoms with Gasteiger partial charge in [-0.05, 0) is 0 Å². The second-order valence-electron chi connectivity index (χ2n) is 3.52. The molecule has 2 rings (SSSR count). The molecule has 0 radical (unpaired) electrons. The van der Waals surface area contributed by atoms with E-state index in [9.17, 15) is 0 Å². The summed E-state index contributed by atoms with van der Waals surface area (Å²) in [6.07, 6.45) is 2.80. The van der Waals surface area contributed by atoms with Gasteiger partial charge in [0.1, 0.15) is 0 Å². The van der Waals surface area contributed by atoms with Gasteiger partial charge in [0.15, 0.2) is 0 Å². The Labute approximate surface area is 95.3 Å². The van der Waals surface area contributed by atoms with Gasteiger partial charge in [-0.2, -0.15) is 0 Å². The standard InChI is InChI=1S/C7H14N2Xe/c10-9-4-2-7(6-9)1-3-8-5-7/h8,10H,1-6H2. The van der Waals surface area contributed by atoms with E-state index in [1.807, 2.05) is 0 Å². The first-order valence-corrected chi connectivity index (χ1v) is 4.89. The normalized spacial score (nSPS) is 41.8. The summed E-state index contributed by atoms with van der Waals surface area (Å²) in [7, 11) is 0. The summed E-state index contributed by atoms with van der Waals surface area (Å²) >= 11 is 2.44. The van der Waals surface area contributed by atoms with Crippen molar-refractivity contribution in [1.29, 1.82) is 0 Å². The van der Waals surface area contributed by atoms with Crippen molar-refractivity contribution < 1.29 is 47.0 Å². The molecule has 2 saturated heterocycles. The van der Waals surface area contributed by atoms with E-state index in [-0.39, 0.29) is 0 Å². The van der Waals surface area contributed by atoms with Gasteiger partial charge in [0.25, 0.3) is 0 Å². The van der Waals surface area contributed by atoms with E-state index in [1.54, 1.807) is 0 Å². The molecule has 0 aromatic carbocycles. The van der Waals surface area contributed by atoms with Crippen LogP contribution in [-0.2, 0) is 0 Å². The molecule has 0 bridgehead atoms. The maximum absolute atomic E-state index is 3.45. The zero-order valence-electron chi connectivity index (χ0n) is 6.07. The quantitative estimate of drug-likeness (QED) is 0.650. The molecule has 60 valence electrons. The van der Waals surface area contributed by atoms with Crippen LogP contribution in [0.15, 0.2) is 0 Å². The van der Waals surface area contributed by atoms with Crippen LogP contribution in [0.5, 0.6) is 0 Å². The van der Waals surface area contributed by atoms with Crippen molar-refractivity contribution >= 4 is 0 Å². The molecule has 2 fully saturated rings. The van der Waals surface area contributed by atoms with Gasteiger partial charge < -0.3 is 0 Å². The zero-order chi connectivity index (χ0) is 7.03. The number of rotatable bonds is 0. The van der Waals surface area contributed by atoms with Crippen molar-refractivity contribution in [3.63, 3.8) is 0 Å². The van der Waals surface area contributed by atoms with Crippen LogP contribution in [-0.4, -0.2) is 26.1 Å². The maximum atomic E-state index is 3.45. The van der Waals surface area contributed by atoms with E-state index in [1.165, 1.54) is 39.0 Å². The van der Waals surface area contributed by atoms with E-state index in [0.717, 1.165) is 0 Å². The second-order valence-corrected chi connectivity index (χ2v) is 4.89. The molecular formula is C7H14N2Xe. The summed E-state index contributed by atoms with van der Waals surface area (Å²) in [5.41, 5.74) is 0.668. The molecule has 0 amide bonds. The molecule has 2 aliphatic rings. The SMILES string of the molecule is [XeH]N1CCC2(CCNC2)C1. The summed E-state index contributed by atoms with van der Waals surface area (Å²) in [4.78, 5) is 0. The third-order valence-electron chi connectivity index (χ3n) is 2.72. The van der Waals surface area contributed by atoms with Gasteiger partial charge in [-0.3, -0.25) is 0 Å². The van der Waals surface area contributed by atoms with Crippen molar-refractivity contribution in [2.24, 2.45) is 5.41 Å². The number of nitrogens with zero attached hydrogens (tertiary/aromatic N) is 1. The fourth-order valence-corrected chi connectivity index (χ4v) is 2.99. The van der Waals surface area contributed by atoms with Crippen LogP contribution >= 0.6 is 0 Å². The molecule has 0 aromatic heterocycles. The molecule has 2 aliphatic heterocycles. The minimum absolute atomic E-state index is 0.668. The Balaban J connectivity index is 2.03. The van der Waals surface area contributed by atoms with Gasteiger partial charge in [-0.1, -0.05) is 0 Å². The molecule has 0 aliphatic carbocycles. The molecule has 10 heavy (non-hydrogen) atoms. The van der Waals surface area contributed by atoms with Crippen LogP contribution in [0.3, 0.4) is 0 Å². The first-order valence-electron chi connectivity index (χ1n) is 3.92. The Bertz CT molecular complexity index is 132. The van der Waals surface area contributed by atoms with Crippen molar-refractivity contribution in [1.82, 2.24) is 5.23 Å². The van der Waals surface area contributed by atoms with Crippen molar-refractivity contribution in [2.45, 2.75) is 12.8 Å². The molecule has 1 unspecified atom stereocenters. The minimum atomic E-state index is 0.668. The van der Waals surface area contributed by atoms with E-state index < -0.39 is 0 Å². The molecular weight excluding hydrogens is 243 g/mol. The van der Waals surface area contributed by atoms with Gasteiger partial charge in [0.2, 0.25) is 0 Å². The van der Waals surface area contributed by atoms with Gasteiger partial charge in [0.05, 0.1) is 0 Å². The summed E-state index contributed by atoms with van der Waals surface area (Å²) in [6.45, 7) is 5.10. The van der Waals surface area contributed by atoms with E-state index in [0.29, 0.717) is 5.41 Å². The molecule has 0 aromatic rings. The first kappa shape index (κ1) is 8.11. The second kappa shape index (κ2) is 3.09. The molecule has 1 atom stereocenters. The van der Waals surface area contributed by atoms with E-state index >= 15 is 0 Å². The van der Waals surface area contributed by atoms with Crippen LogP contribution in [0.1, 0.15) is 12.8 Å². The number of hydrogen-bond donors (Lipinski definition) is 1. The van der Waals surface area contributed by atoms with Crippen LogP contribution in [0.2, 0.25) is 0 Å². The summed E-state index contributed by atoms with van der Waals surface area (Å²) in [6, 6.07) is 0. The molecule has 1 spiro atoms. The van der Waals surface area contributed by atoms with Gasteiger partial charge >= 0.3 is 96.6 Å². The Morgan fingerprint density at radius 2 is 2.30 bits per heavy atom. The molecule has 2 heterocycles. The predicted molar refractivity (Wildman–Crippen MR) is 37.5 cm³/mol. The summed E-state index contributed by atoms with van der Waals surface area (Å²) < 4.78 is 2.42. The van der Waals surface area contributed by atoms with Crippen molar-refractivity contribution in [3.05, 3.63) is 0 Å². The molecule has 1 N–H and O–H groups in total. The van der Waals surface area contributed by atoms with Gasteiger partial charge in [-0.25, -0.2) is 0 Å². The van der Waals surface area contributed by atoms with Gasteiger partial charge in [-0.15, -0.1) is 0 Å². The van der Waals surface area contributed by atoms with Crippen molar-refractivity contribution in [2.75, 3.05) is 26.2 Å². The van der Waals surface area contributed by atoms with Gasteiger partial charge in [0, 0.05) is 0 Å². The topological polar surface area (TPSA) is 15.3 Å². The third-order valence-corrected chi connectivity index (χ3v) is 3.55. The van der Waals surface area contributed by atoms with Crippen LogP contribution in [0, 0.1) is 52.4 Å². The Kier molecular flexibility index (Phi) is 2.50. The van der Waals surface area contributed by atoms with E-state index in [4.69, 9.17) is 0 Å². The monoisotopic (exact) mass is 258 g/mol. The van der Waals surface area contributed by atoms with Crippen LogP contribution < -0.4 is 5.32 Å². The summed E-state index contributed by atoms with van der Waals surface area (Å²) in [5, 5.41) is 3.45. The number of hydrogen-bond acceptors (Lipinski definition) is 2. The Morgan fingerprint density at radius 3 is 2.80 bits per heavy atom. The van der Waals surface area contributed by atoms with Crippen molar-refractivity contribution in [3.8, 4) is 0 Å². The van der Waals surface area contributed by atoms with E-state index in [2.05, 4.69) is 52.2 Å².